The fraction of sp³-hybridized carbons (Fsp3) is 0.133. The molecule has 0 aliphatic heterocycles. The van der Waals surface area contributed by atoms with E-state index >= 15 is 0 Å². The number of aryl methyl sites for hydroxylation is 1. The Morgan fingerprint density at radius 1 is 1.11 bits per heavy atom. The van der Waals surface area contributed by atoms with Gasteiger partial charge in [-0.1, -0.05) is 41.9 Å². The summed E-state index contributed by atoms with van der Waals surface area (Å²) in [6, 6.07) is 16.6. The molecule has 2 aromatic carbocycles. The van der Waals surface area contributed by atoms with Gasteiger partial charge in [0.1, 0.15) is 16.4 Å². The number of halogens is 1. The Morgan fingerprint density at radius 2 is 1.89 bits per heavy atom. The van der Waals surface area contributed by atoms with Crippen LogP contribution in [0, 0.1) is 0 Å². The van der Waals surface area contributed by atoms with E-state index in [9.17, 15) is 0 Å². The number of hydrogen-bond acceptors (Lipinski definition) is 1. The molecule has 0 aliphatic rings. The van der Waals surface area contributed by atoms with Crippen LogP contribution in [-0.2, 0) is 6.54 Å². The number of aromatic nitrogens is 1. The summed E-state index contributed by atoms with van der Waals surface area (Å²) in [6.07, 6.45) is 0. The summed E-state index contributed by atoms with van der Waals surface area (Å²) < 4.78 is 2.30. The predicted molar refractivity (Wildman–Crippen MR) is 78.1 cm³/mol. The van der Waals surface area contributed by atoms with Crippen LogP contribution in [-0.4, -0.2) is 0 Å². The predicted octanol–water partition coefficient (Wildman–Crippen LogP) is 4.53. The number of nitrogens with zero attached hydrogens (tertiary/aromatic N) is 1. The molecule has 0 unspecified atom stereocenters. The van der Waals surface area contributed by atoms with Crippen molar-refractivity contribution < 1.29 is 3.96 Å². The molecule has 0 fully saturated rings. The summed E-state index contributed by atoms with van der Waals surface area (Å²) in [4.78, 5) is 1.29. The van der Waals surface area contributed by atoms with Gasteiger partial charge in [-0.05, 0) is 24.6 Å². The molecule has 0 spiro atoms. The van der Waals surface area contributed by atoms with Crippen molar-refractivity contribution in [1.29, 1.82) is 0 Å². The van der Waals surface area contributed by atoms with E-state index in [-0.39, 0.29) is 0 Å². The summed E-state index contributed by atoms with van der Waals surface area (Å²) in [5, 5.41) is 2.03. The van der Waals surface area contributed by atoms with Crippen molar-refractivity contribution in [3.8, 4) is 10.4 Å². The van der Waals surface area contributed by atoms with Crippen molar-refractivity contribution in [2.75, 3.05) is 0 Å². The third-order valence-electron chi connectivity index (χ3n) is 3.00. The summed E-state index contributed by atoms with van der Waals surface area (Å²) in [7, 11) is 0. The molecule has 0 aliphatic carbocycles. The van der Waals surface area contributed by atoms with E-state index in [0.29, 0.717) is 0 Å². The maximum atomic E-state index is 6.13. The monoisotopic (exact) mass is 274 g/mol. The summed E-state index contributed by atoms with van der Waals surface area (Å²) in [5.74, 6) is 0. The maximum Gasteiger partial charge on any atom is 0.227 e. The van der Waals surface area contributed by atoms with E-state index in [2.05, 4.69) is 47.3 Å². The number of hydrogen-bond donors (Lipinski definition) is 0. The van der Waals surface area contributed by atoms with Crippen molar-refractivity contribution >= 4 is 34.0 Å². The van der Waals surface area contributed by atoms with E-state index in [0.717, 1.165) is 11.6 Å². The van der Waals surface area contributed by atoms with Crippen molar-refractivity contribution in [3.05, 3.63) is 53.6 Å². The normalized spacial score (nSPS) is 11.0. The molecule has 3 aromatic rings. The molecule has 0 saturated heterocycles. The minimum Gasteiger partial charge on any atom is -0.133 e. The highest BCUT2D eigenvalue weighted by molar-refractivity contribution is 7.07. The highest BCUT2D eigenvalue weighted by atomic mass is 35.5. The largest absolute Gasteiger partial charge is 0.227 e. The van der Waals surface area contributed by atoms with Gasteiger partial charge in [-0.3, -0.25) is 0 Å². The molecule has 0 atom stereocenters. The zero-order valence-electron chi connectivity index (χ0n) is 10.1. The smallest absolute Gasteiger partial charge is 0.133 e. The summed E-state index contributed by atoms with van der Waals surface area (Å²) >= 11 is 7.92. The first kappa shape index (κ1) is 11.7. The van der Waals surface area contributed by atoms with Gasteiger partial charge in [0.15, 0.2) is 6.54 Å². The molecule has 0 radical (unpaired) electrons. The van der Waals surface area contributed by atoms with E-state index in [1.807, 2.05) is 12.1 Å². The average molecular weight is 275 g/mol. The minimum absolute atomic E-state index is 0.792. The number of rotatable bonds is 2. The topological polar surface area (TPSA) is 3.88 Å². The zero-order chi connectivity index (χ0) is 12.5. The van der Waals surface area contributed by atoms with Gasteiger partial charge in [-0.2, -0.15) is 0 Å². The molecular formula is C15H13ClNS+. The van der Waals surface area contributed by atoms with Crippen LogP contribution in [0.4, 0.5) is 0 Å². The second kappa shape index (κ2) is 4.71. The van der Waals surface area contributed by atoms with E-state index in [1.165, 1.54) is 21.3 Å². The molecule has 0 saturated carbocycles. The highest BCUT2D eigenvalue weighted by Crippen LogP contribution is 2.32. The summed E-state index contributed by atoms with van der Waals surface area (Å²) in [6.45, 7) is 3.15. The quantitative estimate of drug-likeness (QED) is 0.605. The first-order valence-electron chi connectivity index (χ1n) is 5.97. The Hall–Kier alpha value is -1.38. The SMILES string of the molecule is CC[n+]1sc(-c2ccccc2)c2cc(Cl)ccc21. The van der Waals surface area contributed by atoms with Crippen molar-refractivity contribution in [1.82, 2.24) is 0 Å². The highest BCUT2D eigenvalue weighted by Gasteiger charge is 2.18. The van der Waals surface area contributed by atoms with Crippen LogP contribution >= 0.6 is 23.1 Å². The Morgan fingerprint density at radius 3 is 2.61 bits per heavy atom. The molecule has 0 bridgehead atoms. The van der Waals surface area contributed by atoms with E-state index < -0.39 is 0 Å². The third-order valence-corrected chi connectivity index (χ3v) is 4.55. The second-order valence-electron chi connectivity index (χ2n) is 4.14. The van der Waals surface area contributed by atoms with Crippen molar-refractivity contribution in [3.63, 3.8) is 0 Å². The van der Waals surface area contributed by atoms with E-state index in [4.69, 9.17) is 11.6 Å². The van der Waals surface area contributed by atoms with Crippen LogP contribution in [0.1, 0.15) is 6.92 Å². The lowest BCUT2D eigenvalue weighted by Gasteiger charge is -1.94. The van der Waals surface area contributed by atoms with Crippen molar-refractivity contribution in [2.24, 2.45) is 0 Å². The van der Waals surface area contributed by atoms with Crippen LogP contribution in [0.5, 0.6) is 0 Å². The standard InChI is InChI=1S/C15H13ClNS/c1-2-17-14-9-8-12(16)10-13(14)15(18-17)11-6-4-3-5-7-11/h3-10H,2H2,1H3/q+1. The van der Waals surface area contributed by atoms with Crippen LogP contribution in [0.25, 0.3) is 21.3 Å². The Balaban J connectivity index is 2.32. The molecule has 1 aromatic heterocycles. The van der Waals surface area contributed by atoms with Gasteiger partial charge in [-0.15, -0.1) is 3.96 Å². The molecule has 1 nitrogen and oxygen atoms in total. The van der Waals surface area contributed by atoms with Crippen LogP contribution in [0.3, 0.4) is 0 Å². The number of fused-ring (bicyclic) bond motifs is 1. The minimum atomic E-state index is 0.792. The Labute approximate surface area is 115 Å². The number of benzene rings is 2. The van der Waals surface area contributed by atoms with Gasteiger partial charge in [0.25, 0.3) is 0 Å². The maximum absolute atomic E-state index is 6.13. The molecule has 0 N–H and O–H groups in total. The average Bonchev–Trinajstić information content (AvgIpc) is 2.77. The fourth-order valence-corrected chi connectivity index (χ4v) is 3.43. The summed E-state index contributed by atoms with van der Waals surface area (Å²) in [5.41, 5.74) is 2.51. The van der Waals surface area contributed by atoms with Gasteiger partial charge >= 0.3 is 0 Å². The van der Waals surface area contributed by atoms with E-state index in [1.54, 1.807) is 11.5 Å². The van der Waals surface area contributed by atoms with Crippen LogP contribution < -0.4 is 3.96 Å². The molecule has 3 rings (SSSR count). The van der Waals surface area contributed by atoms with Crippen LogP contribution in [0.15, 0.2) is 48.5 Å². The lowest BCUT2D eigenvalue weighted by atomic mass is 10.1. The first-order chi connectivity index (χ1) is 8.79. The second-order valence-corrected chi connectivity index (χ2v) is 5.61. The molecule has 18 heavy (non-hydrogen) atoms. The lowest BCUT2D eigenvalue weighted by molar-refractivity contribution is -0.598. The molecule has 3 heteroatoms. The van der Waals surface area contributed by atoms with Crippen molar-refractivity contribution in [2.45, 2.75) is 13.5 Å². The Bertz CT molecular complexity index is 688. The fourth-order valence-electron chi connectivity index (χ4n) is 2.15. The zero-order valence-corrected chi connectivity index (χ0v) is 11.6. The first-order valence-corrected chi connectivity index (χ1v) is 7.12. The lowest BCUT2D eigenvalue weighted by Crippen LogP contribution is -2.26. The van der Waals surface area contributed by atoms with Gasteiger partial charge < -0.3 is 0 Å². The van der Waals surface area contributed by atoms with Crippen LogP contribution in [0.2, 0.25) is 5.02 Å². The molecule has 0 amide bonds. The Kier molecular flexibility index (Phi) is 3.06. The molecule has 1 heterocycles. The third kappa shape index (κ3) is 1.92. The van der Waals surface area contributed by atoms with Gasteiger partial charge in [0.2, 0.25) is 5.52 Å². The molecule has 90 valence electrons. The van der Waals surface area contributed by atoms with Gasteiger partial charge in [0, 0.05) is 11.1 Å². The van der Waals surface area contributed by atoms with Gasteiger partial charge in [-0.25, -0.2) is 0 Å². The molecular weight excluding hydrogens is 262 g/mol. The van der Waals surface area contributed by atoms with Gasteiger partial charge in [0.05, 0.1) is 5.39 Å².